The SMILES string of the molecule is CCCCCC(C)(C)OC(=O)c1cc(Cl)c(Cl)cc1C(=O)OC(C)(C)CCCCC. The number of carbonyl (C=O) groups excluding carboxylic acids is 2. The van der Waals surface area contributed by atoms with Gasteiger partial charge in [-0.3, -0.25) is 0 Å². The van der Waals surface area contributed by atoms with Crippen LogP contribution in [-0.2, 0) is 9.47 Å². The number of halogens is 2. The van der Waals surface area contributed by atoms with Gasteiger partial charge in [-0.2, -0.15) is 0 Å². The van der Waals surface area contributed by atoms with E-state index in [4.69, 9.17) is 32.7 Å². The Labute approximate surface area is 191 Å². The van der Waals surface area contributed by atoms with E-state index in [9.17, 15) is 9.59 Å². The molecule has 0 atom stereocenters. The summed E-state index contributed by atoms with van der Waals surface area (Å²) in [6.45, 7) is 11.7. The third-order valence-corrected chi connectivity index (χ3v) is 5.73. The van der Waals surface area contributed by atoms with E-state index in [-0.39, 0.29) is 21.2 Å². The molecule has 0 saturated heterocycles. The zero-order valence-corrected chi connectivity index (χ0v) is 20.7. The van der Waals surface area contributed by atoms with Crippen molar-refractivity contribution in [1.29, 1.82) is 0 Å². The van der Waals surface area contributed by atoms with Gasteiger partial charge in [0.2, 0.25) is 0 Å². The molecule has 0 heterocycles. The van der Waals surface area contributed by atoms with Gasteiger partial charge in [0.1, 0.15) is 11.2 Å². The van der Waals surface area contributed by atoms with Gasteiger partial charge in [0.15, 0.2) is 0 Å². The summed E-state index contributed by atoms with van der Waals surface area (Å²) in [4.78, 5) is 25.9. The van der Waals surface area contributed by atoms with E-state index in [0.717, 1.165) is 51.4 Å². The molecule has 0 aliphatic heterocycles. The van der Waals surface area contributed by atoms with Crippen molar-refractivity contribution in [1.82, 2.24) is 0 Å². The van der Waals surface area contributed by atoms with Crippen LogP contribution in [0.4, 0.5) is 0 Å². The first kappa shape index (κ1) is 26.8. The van der Waals surface area contributed by atoms with E-state index < -0.39 is 23.1 Å². The van der Waals surface area contributed by atoms with E-state index in [1.807, 2.05) is 27.7 Å². The Kier molecular flexibility index (Phi) is 10.7. The highest BCUT2D eigenvalue weighted by atomic mass is 35.5. The van der Waals surface area contributed by atoms with Crippen molar-refractivity contribution in [2.75, 3.05) is 0 Å². The predicted octanol–water partition coefficient (Wildman–Crippen LogP) is 8.02. The maximum absolute atomic E-state index is 12.9. The summed E-state index contributed by atoms with van der Waals surface area (Å²) in [5.74, 6) is -1.21. The van der Waals surface area contributed by atoms with Crippen LogP contribution in [0.1, 0.15) is 114 Å². The molecule has 1 aromatic rings. The van der Waals surface area contributed by atoms with Crippen molar-refractivity contribution in [3.63, 3.8) is 0 Å². The molecule has 0 saturated carbocycles. The van der Waals surface area contributed by atoms with Crippen LogP contribution in [0.2, 0.25) is 10.0 Å². The van der Waals surface area contributed by atoms with Crippen LogP contribution in [0, 0.1) is 0 Å². The molecule has 0 N–H and O–H groups in total. The number of carbonyl (C=O) groups is 2. The monoisotopic (exact) mass is 458 g/mol. The molecular weight excluding hydrogens is 423 g/mol. The Morgan fingerprint density at radius 3 is 1.37 bits per heavy atom. The van der Waals surface area contributed by atoms with Crippen molar-refractivity contribution in [2.45, 2.75) is 104 Å². The van der Waals surface area contributed by atoms with Crippen LogP contribution in [-0.4, -0.2) is 23.1 Å². The topological polar surface area (TPSA) is 52.6 Å². The largest absolute Gasteiger partial charge is 0.456 e. The smallest absolute Gasteiger partial charge is 0.339 e. The zero-order valence-electron chi connectivity index (χ0n) is 19.2. The minimum atomic E-state index is -0.654. The molecule has 4 nitrogen and oxygen atoms in total. The lowest BCUT2D eigenvalue weighted by molar-refractivity contribution is -0.0102. The fourth-order valence-electron chi connectivity index (χ4n) is 3.20. The van der Waals surface area contributed by atoms with Crippen LogP contribution in [0.15, 0.2) is 12.1 Å². The lowest BCUT2D eigenvalue weighted by atomic mass is 9.99. The second-order valence-corrected chi connectivity index (χ2v) is 9.84. The van der Waals surface area contributed by atoms with Gasteiger partial charge >= 0.3 is 11.9 Å². The minimum Gasteiger partial charge on any atom is -0.456 e. The molecule has 0 fully saturated rings. The van der Waals surface area contributed by atoms with Crippen molar-refractivity contribution in [3.05, 3.63) is 33.3 Å². The Morgan fingerprint density at radius 2 is 1.07 bits per heavy atom. The zero-order chi connectivity index (χ0) is 22.9. The average molecular weight is 459 g/mol. The highest BCUT2D eigenvalue weighted by Gasteiger charge is 2.30. The predicted molar refractivity (Wildman–Crippen MR) is 124 cm³/mol. The highest BCUT2D eigenvalue weighted by Crippen LogP contribution is 2.30. The summed E-state index contributed by atoms with van der Waals surface area (Å²) in [6.07, 6.45) is 7.69. The maximum atomic E-state index is 12.9. The Bertz CT molecular complexity index is 665. The Morgan fingerprint density at radius 1 is 0.733 bits per heavy atom. The fraction of sp³-hybridized carbons (Fsp3) is 0.667. The molecule has 0 bridgehead atoms. The van der Waals surface area contributed by atoms with Gasteiger partial charge in [0, 0.05) is 0 Å². The van der Waals surface area contributed by atoms with E-state index >= 15 is 0 Å². The molecule has 0 aromatic heterocycles. The Hall–Kier alpha value is -1.26. The molecule has 1 aromatic carbocycles. The first-order chi connectivity index (χ1) is 13.9. The third kappa shape index (κ3) is 8.85. The fourth-order valence-corrected chi connectivity index (χ4v) is 3.53. The lowest BCUT2D eigenvalue weighted by Crippen LogP contribution is -2.31. The molecule has 1 rings (SSSR count). The number of hydrogen-bond acceptors (Lipinski definition) is 4. The van der Waals surface area contributed by atoms with Crippen LogP contribution < -0.4 is 0 Å². The van der Waals surface area contributed by atoms with Gasteiger partial charge in [0.25, 0.3) is 0 Å². The number of rotatable bonds is 12. The molecule has 0 amide bonds. The first-order valence-corrected chi connectivity index (χ1v) is 11.6. The molecule has 6 heteroatoms. The van der Waals surface area contributed by atoms with Gasteiger partial charge in [-0.05, 0) is 65.5 Å². The maximum Gasteiger partial charge on any atom is 0.339 e. The number of benzene rings is 1. The first-order valence-electron chi connectivity index (χ1n) is 10.9. The van der Waals surface area contributed by atoms with Crippen LogP contribution in [0.3, 0.4) is 0 Å². The van der Waals surface area contributed by atoms with Gasteiger partial charge in [0.05, 0.1) is 21.2 Å². The van der Waals surface area contributed by atoms with Crippen LogP contribution in [0.25, 0.3) is 0 Å². The van der Waals surface area contributed by atoms with E-state index in [1.54, 1.807) is 0 Å². The van der Waals surface area contributed by atoms with Crippen molar-refractivity contribution in [2.24, 2.45) is 0 Å². The summed E-state index contributed by atoms with van der Waals surface area (Å²) in [5.41, 5.74) is -1.16. The number of hydrogen-bond donors (Lipinski definition) is 0. The minimum absolute atomic E-state index is 0.0716. The second-order valence-electron chi connectivity index (χ2n) is 9.02. The van der Waals surface area contributed by atoms with Crippen LogP contribution >= 0.6 is 23.2 Å². The van der Waals surface area contributed by atoms with Crippen molar-refractivity contribution < 1.29 is 19.1 Å². The molecule has 0 radical (unpaired) electrons. The number of ether oxygens (including phenoxy) is 2. The summed E-state index contributed by atoms with van der Waals surface area (Å²) < 4.78 is 11.4. The number of esters is 2. The summed E-state index contributed by atoms with van der Waals surface area (Å²) >= 11 is 12.3. The molecular formula is C24H36Cl2O4. The summed E-state index contributed by atoms with van der Waals surface area (Å²) in [6, 6.07) is 2.77. The van der Waals surface area contributed by atoms with E-state index in [1.165, 1.54) is 12.1 Å². The summed E-state index contributed by atoms with van der Waals surface area (Å²) in [5, 5.41) is 0.373. The molecule has 0 aliphatic rings. The van der Waals surface area contributed by atoms with Crippen LogP contribution in [0.5, 0.6) is 0 Å². The van der Waals surface area contributed by atoms with E-state index in [0.29, 0.717) is 0 Å². The van der Waals surface area contributed by atoms with Gasteiger partial charge < -0.3 is 9.47 Å². The molecule has 0 unspecified atom stereocenters. The molecule has 30 heavy (non-hydrogen) atoms. The normalized spacial score (nSPS) is 12.0. The number of unbranched alkanes of at least 4 members (excludes halogenated alkanes) is 4. The average Bonchev–Trinajstić information content (AvgIpc) is 2.62. The van der Waals surface area contributed by atoms with Crippen molar-refractivity contribution >= 4 is 35.1 Å². The quantitative estimate of drug-likeness (QED) is 0.235. The van der Waals surface area contributed by atoms with E-state index in [2.05, 4.69) is 13.8 Å². The second kappa shape index (κ2) is 12.0. The van der Waals surface area contributed by atoms with Gasteiger partial charge in [-0.1, -0.05) is 62.7 Å². The van der Waals surface area contributed by atoms with Gasteiger partial charge in [-0.15, -0.1) is 0 Å². The standard InChI is InChI=1S/C24H36Cl2O4/c1-7-9-11-13-23(3,4)29-21(27)17-15-19(25)20(26)16-18(17)22(28)30-24(5,6)14-12-10-8-2/h15-16H,7-14H2,1-6H3. The lowest BCUT2D eigenvalue weighted by Gasteiger charge is -2.27. The van der Waals surface area contributed by atoms with Crippen molar-refractivity contribution in [3.8, 4) is 0 Å². The third-order valence-electron chi connectivity index (χ3n) is 5.00. The summed E-state index contributed by atoms with van der Waals surface area (Å²) in [7, 11) is 0. The highest BCUT2D eigenvalue weighted by molar-refractivity contribution is 6.42. The molecule has 0 aliphatic carbocycles. The van der Waals surface area contributed by atoms with Gasteiger partial charge in [-0.25, -0.2) is 9.59 Å². The molecule has 170 valence electrons. The molecule has 0 spiro atoms. The Balaban J connectivity index is 3.06.